The van der Waals surface area contributed by atoms with Gasteiger partial charge in [0.15, 0.2) is 0 Å². The van der Waals surface area contributed by atoms with E-state index >= 15 is 0 Å². The van der Waals surface area contributed by atoms with Gasteiger partial charge in [0, 0.05) is 11.8 Å². The molecule has 2 heteroatoms. The summed E-state index contributed by atoms with van der Waals surface area (Å²) in [6.07, 6.45) is 1.52. The second-order valence-corrected chi connectivity index (χ2v) is 4.30. The van der Waals surface area contributed by atoms with Gasteiger partial charge in [0.1, 0.15) is 0 Å². The number of nitriles is 1. The van der Waals surface area contributed by atoms with Gasteiger partial charge < -0.3 is 4.74 Å². The van der Waals surface area contributed by atoms with E-state index in [1.54, 1.807) is 0 Å². The second kappa shape index (κ2) is 4.04. The third kappa shape index (κ3) is 1.88. The summed E-state index contributed by atoms with van der Waals surface area (Å²) >= 11 is 0. The van der Waals surface area contributed by atoms with E-state index in [4.69, 9.17) is 10.00 Å². The molecule has 2 rings (SSSR count). The van der Waals surface area contributed by atoms with Crippen LogP contribution in [-0.4, -0.2) is 13.2 Å². The molecule has 0 unspecified atom stereocenters. The maximum atomic E-state index is 8.66. The maximum Gasteiger partial charge on any atom is 0.0622 e. The molecule has 1 saturated heterocycles. The minimum atomic E-state index is 0.113. The number of benzene rings is 1. The summed E-state index contributed by atoms with van der Waals surface area (Å²) in [7, 11) is 0. The van der Waals surface area contributed by atoms with Crippen LogP contribution in [0.4, 0.5) is 0 Å². The van der Waals surface area contributed by atoms with Crippen LogP contribution in [0.1, 0.15) is 24.0 Å². The predicted molar refractivity (Wildman–Crippen MR) is 58.5 cm³/mol. The van der Waals surface area contributed by atoms with Gasteiger partial charge in [-0.25, -0.2) is 0 Å². The molecule has 0 radical (unpaired) electrons. The lowest BCUT2D eigenvalue weighted by Gasteiger charge is -2.41. The lowest BCUT2D eigenvalue weighted by Crippen LogP contribution is -2.46. The Kier molecular flexibility index (Phi) is 2.75. The molecule has 0 atom stereocenters. The lowest BCUT2D eigenvalue weighted by atomic mass is 9.75. The first-order valence-electron chi connectivity index (χ1n) is 5.29. The molecule has 0 aromatic heterocycles. The fraction of sp³-hybridized carbons (Fsp3) is 0.462. The van der Waals surface area contributed by atoms with Gasteiger partial charge in [-0.1, -0.05) is 29.8 Å². The van der Waals surface area contributed by atoms with Crippen molar-refractivity contribution in [3.05, 3.63) is 35.4 Å². The van der Waals surface area contributed by atoms with Crippen molar-refractivity contribution in [2.24, 2.45) is 0 Å². The van der Waals surface area contributed by atoms with E-state index in [0.29, 0.717) is 6.42 Å². The number of aryl methyl sites for hydroxylation is 1. The Balaban J connectivity index is 2.23. The van der Waals surface area contributed by atoms with Crippen LogP contribution in [0.15, 0.2) is 24.3 Å². The maximum absolute atomic E-state index is 8.66. The molecular weight excluding hydrogens is 186 g/mol. The van der Waals surface area contributed by atoms with Gasteiger partial charge >= 0.3 is 0 Å². The van der Waals surface area contributed by atoms with Crippen molar-refractivity contribution >= 4 is 0 Å². The number of ether oxygens (including phenoxy) is 1. The standard InChI is InChI=1S/C13H15NO/c1-11-4-2-5-12(8-11)13(6-3-7-14)9-15-10-13/h2,4-5,8H,3,6,9-10H2,1H3. The van der Waals surface area contributed by atoms with Gasteiger partial charge in [-0.2, -0.15) is 5.26 Å². The SMILES string of the molecule is Cc1cccc(C2(CCC#N)COC2)c1. The predicted octanol–water partition coefficient (Wildman–Crippen LogP) is 2.57. The molecule has 15 heavy (non-hydrogen) atoms. The van der Waals surface area contributed by atoms with Crippen LogP contribution in [-0.2, 0) is 10.2 Å². The number of hydrogen-bond acceptors (Lipinski definition) is 2. The van der Waals surface area contributed by atoms with E-state index in [1.165, 1.54) is 11.1 Å². The largest absolute Gasteiger partial charge is 0.379 e. The highest BCUT2D eigenvalue weighted by atomic mass is 16.5. The molecule has 1 aliphatic heterocycles. The molecule has 1 aromatic rings. The van der Waals surface area contributed by atoms with Crippen molar-refractivity contribution < 1.29 is 4.74 Å². The van der Waals surface area contributed by atoms with E-state index in [2.05, 4.69) is 37.3 Å². The zero-order valence-corrected chi connectivity index (χ0v) is 8.99. The van der Waals surface area contributed by atoms with Gasteiger partial charge in [0.2, 0.25) is 0 Å². The Morgan fingerprint density at radius 3 is 2.80 bits per heavy atom. The molecule has 1 heterocycles. The molecule has 1 fully saturated rings. The molecule has 0 saturated carbocycles. The van der Waals surface area contributed by atoms with Crippen LogP contribution >= 0.6 is 0 Å². The molecule has 0 N–H and O–H groups in total. The van der Waals surface area contributed by atoms with Crippen molar-refractivity contribution in [3.8, 4) is 6.07 Å². The minimum absolute atomic E-state index is 0.113. The van der Waals surface area contributed by atoms with Crippen LogP contribution in [0.3, 0.4) is 0 Å². The van der Waals surface area contributed by atoms with E-state index in [9.17, 15) is 0 Å². The number of rotatable bonds is 3. The quantitative estimate of drug-likeness (QED) is 0.753. The highest BCUT2D eigenvalue weighted by Crippen LogP contribution is 2.36. The third-order valence-electron chi connectivity index (χ3n) is 3.10. The highest BCUT2D eigenvalue weighted by Gasteiger charge is 2.39. The Hall–Kier alpha value is -1.33. The van der Waals surface area contributed by atoms with Gasteiger partial charge in [0.05, 0.1) is 19.3 Å². The normalized spacial score (nSPS) is 17.9. The Labute approximate surface area is 90.5 Å². The summed E-state index contributed by atoms with van der Waals surface area (Å²) in [5.74, 6) is 0. The number of nitrogens with zero attached hydrogens (tertiary/aromatic N) is 1. The Morgan fingerprint density at radius 1 is 1.47 bits per heavy atom. The average molecular weight is 201 g/mol. The van der Waals surface area contributed by atoms with E-state index in [1.807, 2.05) is 0 Å². The molecule has 0 amide bonds. The first kappa shape index (κ1) is 10.2. The van der Waals surface area contributed by atoms with Crippen LogP contribution in [0.5, 0.6) is 0 Å². The van der Waals surface area contributed by atoms with Crippen LogP contribution in [0.25, 0.3) is 0 Å². The average Bonchev–Trinajstić information content (AvgIpc) is 2.16. The Morgan fingerprint density at radius 2 is 2.27 bits per heavy atom. The Bertz CT molecular complexity index is 388. The van der Waals surface area contributed by atoms with Gasteiger partial charge in [-0.05, 0) is 18.9 Å². The molecular formula is C13H15NO. The topological polar surface area (TPSA) is 33.0 Å². The molecule has 78 valence electrons. The summed E-state index contributed by atoms with van der Waals surface area (Å²) in [6, 6.07) is 10.8. The fourth-order valence-electron chi connectivity index (χ4n) is 2.07. The van der Waals surface area contributed by atoms with Crippen molar-refractivity contribution in [1.29, 1.82) is 5.26 Å². The van der Waals surface area contributed by atoms with Crippen LogP contribution in [0.2, 0.25) is 0 Å². The van der Waals surface area contributed by atoms with E-state index in [0.717, 1.165) is 19.6 Å². The summed E-state index contributed by atoms with van der Waals surface area (Å²) in [5, 5.41) is 8.66. The minimum Gasteiger partial charge on any atom is -0.379 e. The first-order chi connectivity index (χ1) is 7.27. The molecule has 1 aromatic carbocycles. The molecule has 0 bridgehead atoms. The van der Waals surface area contributed by atoms with Gasteiger partial charge in [-0.3, -0.25) is 0 Å². The summed E-state index contributed by atoms with van der Waals surface area (Å²) in [4.78, 5) is 0. The van der Waals surface area contributed by atoms with E-state index < -0.39 is 0 Å². The first-order valence-corrected chi connectivity index (χ1v) is 5.29. The summed E-state index contributed by atoms with van der Waals surface area (Å²) < 4.78 is 5.32. The van der Waals surface area contributed by atoms with Gasteiger partial charge in [0.25, 0.3) is 0 Å². The zero-order valence-electron chi connectivity index (χ0n) is 8.99. The van der Waals surface area contributed by atoms with Crippen LogP contribution < -0.4 is 0 Å². The molecule has 0 aliphatic carbocycles. The molecule has 1 aliphatic rings. The van der Waals surface area contributed by atoms with Crippen molar-refractivity contribution in [3.63, 3.8) is 0 Å². The summed E-state index contributed by atoms with van der Waals surface area (Å²) in [6.45, 7) is 3.62. The molecule has 0 spiro atoms. The zero-order chi connectivity index (χ0) is 10.7. The summed E-state index contributed by atoms with van der Waals surface area (Å²) in [5.41, 5.74) is 2.71. The molecule has 2 nitrogen and oxygen atoms in total. The lowest BCUT2D eigenvalue weighted by molar-refractivity contribution is -0.0637. The monoisotopic (exact) mass is 201 g/mol. The van der Waals surface area contributed by atoms with Crippen molar-refractivity contribution in [1.82, 2.24) is 0 Å². The third-order valence-corrected chi connectivity index (χ3v) is 3.10. The van der Waals surface area contributed by atoms with Gasteiger partial charge in [-0.15, -0.1) is 0 Å². The van der Waals surface area contributed by atoms with Crippen molar-refractivity contribution in [2.45, 2.75) is 25.2 Å². The number of hydrogen-bond donors (Lipinski definition) is 0. The fourth-order valence-corrected chi connectivity index (χ4v) is 2.07. The van der Waals surface area contributed by atoms with Crippen LogP contribution in [0, 0.1) is 18.3 Å². The van der Waals surface area contributed by atoms with Crippen molar-refractivity contribution in [2.75, 3.05) is 13.2 Å². The second-order valence-electron chi connectivity index (χ2n) is 4.30. The smallest absolute Gasteiger partial charge is 0.0622 e. The van der Waals surface area contributed by atoms with E-state index in [-0.39, 0.29) is 5.41 Å². The highest BCUT2D eigenvalue weighted by molar-refractivity contribution is 5.31.